The molecular formula is C11H18N2O. The van der Waals surface area contributed by atoms with Crippen molar-refractivity contribution in [3.63, 3.8) is 0 Å². The first-order valence-electron chi connectivity index (χ1n) is 4.81. The number of pyridine rings is 1. The predicted octanol–water partition coefficient (Wildman–Crippen LogP) is 1.84. The van der Waals surface area contributed by atoms with E-state index in [1.165, 1.54) is 0 Å². The van der Waals surface area contributed by atoms with Crippen LogP contribution in [0.3, 0.4) is 0 Å². The lowest BCUT2D eigenvalue weighted by Gasteiger charge is -2.30. The molecule has 0 aliphatic rings. The third kappa shape index (κ3) is 1.73. The van der Waals surface area contributed by atoms with Gasteiger partial charge >= 0.3 is 0 Å². The summed E-state index contributed by atoms with van der Waals surface area (Å²) in [5, 5.41) is 10.3. The lowest BCUT2D eigenvalue weighted by molar-refractivity contribution is 0.00896. The Bertz CT molecular complexity index is 312. The molecule has 0 aliphatic heterocycles. The van der Waals surface area contributed by atoms with Crippen LogP contribution >= 0.6 is 0 Å². The van der Waals surface area contributed by atoms with Gasteiger partial charge in [-0.05, 0) is 31.4 Å². The number of aliphatic hydroxyl groups is 1. The van der Waals surface area contributed by atoms with Gasteiger partial charge in [-0.15, -0.1) is 0 Å². The standard InChI is InChI=1S/C11H18N2O/c1-7(2)11(4,14)9-8(3)5-6-13-10(9)12/h5-7,14H,1-4H3,(H2,12,13). The molecule has 0 saturated heterocycles. The van der Waals surface area contributed by atoms with E-state index in [4.69, 9.17) is 5.73 Å². The fourth-order valence-electron chi connectivity index (χ4n) is 1.53. The molecule has 1 unspecified atom stereocenters. The second kappa shape index (κ2) is 3.58. The first-order chi connectivity index (χ1) is 6.37. The van der Waals surface area contributed by atoms with Crippen LogP contribution in [0.15, 0.2) is 12.3 Å². The zero-order valence-electron chi connectivity index (χ0n) is 9.20. The van der Waals surface area contributed by atoms with E-state index >= 15 is 0 Å². The number of nitrogen functional groups attached to an aromatic ring is 1. The second-order valence-corrected chi connectivity index (χ2v) is 4.19. The molecule has 0 spiro atoms. The fourth-order valence-corrected chi connectivity index (χ4v) is 1.53. The Morgan fingerprint density at radius 3 is 2.50 bits per heavy atom. The first-order valence-corrected chi connectivity index (χ1v) is 4.81. The van der Waals surface area contributed by atoms with Gasteiger partial charge in [-0.3, -0.25) is 0 Å². The Kier molecular flexibility index (Phi) is 2.81. The molecule has 0 aliphatic carbocycles. The van der Waals surface area contributed by atoms with Crippen LogP contribution in [0, 0.1) is 12.8 Å². The van der Waals surface area contributed by atoms with Crippen LogP contribution in [-0.2, 0) is 5.60 Å². The molecule has 0 saturated carbocycles. The SMILES string of the molecule is Cc1ccnc(N)c1C(C)(O)C(C)C. The minimum Gasteiger partial charge on any atom is -0.385 e. The topological polar surface area (TPSA) is 59.1 Å². The maximum Gasteiger partial charge on any atom is 0.129 e. The first kappa shape index (κ1) is 11.0. The van der Waals surface area contributed by atoms with Crippen molar-refractivity contribution in [1.82, 2.24) is 4.98 Å². The smallest absolute Gasteiger partial charge is 0.129 e. The third-order valence-corrected chi connectivity index (χ3v) is 2.82. The highest BCUT2D eigenvalue weighted by Gasteiger charge is 2.31. The van der Waals surface area contributed by atoms with Crippen molar-refractivity contribution in [2.75, 3.05) is 5.73 Å². The van der Waals surface area contributed by atoms with Crippen LogP contribution in [0.5, 0.6) is 0 Å². The molecule has 1 atom stereocenters. The summed E-state index contributed by atoms with van der Waals surface area (Å²) in [6, 6.07) is 1.86. The van der Waals surface area contributed by atoms with Gasteiger partial charge in [-0.1, -0.05) is 13.8 Å². The Morgan fingerprint density at radius 1 is 1.50 bits per heavy atom. The number of hydrogen-bond donors (Lipinski definition) is 2. The quantitative estimate of drug-likeness (QED) is 0.755. The second-order valence-electron chi connectivity index (χ2n) is 4.19. The average Bonchev–Trinajstić information content (AvgIpc) is 2.02. The van der Waals surface area contributed by atoms with Crippen molar-refractivity contribution in [3.05, 3.63) is 23.4 Å². The third-order valence-electron chi connectivity index (χ3n) is 2.82. The van der Waals surface area contributed by atoms with Crippen LogP contribution < -0.4 is 5.73 Å². The number of rotatable bonds is 2. The number of nitrogens with zero attached hydrogens (tertiary/aromatic N) is 1. The predicted molar refractivity (Wildman–Crippen MR) is 57.8 cm³/mol. The molecule has 0 fully saturated rings. The molecule has 0 amide bonds. The van der Waals surface area contributed by atoms with Crippen molar-refractivity contribution in [2.24, 2.45) is 5.92 Å². The van der Waals surface area contributed by atoms with Gasteiger partial charge in [0.1, 0.15) is 5.82 Å². The van der Waals surface area contributed by atoms with Crippen LogP contribution in [-0.4, -0.2) is 10.1 Å². The molecule has 14 heavy (non-hydrogen) atoms. The maximum absolute atomic E-state index is 10.3. The summed E-state index contributed by atoms with van der Waals surface area (Å²) in [6.45, 7) is 7.64. The van der Waals surface area contributed by atoms with Crippen LogP contribution in [0.1, 0.15) is 31.9 Å². The minimum atomic E-state index is -0.914. The van der Waals surface area contributed by atoms with E-state index in [1.807, 2.05) is 26.8 Å². The van der Waals surface area contributed by atoms with Gasteiger partial charge in [0.2, 0.25) is 0 Å². The fraction of sp³-hybridized carbons (Fsp3) is 0.545. The summed E-state index contributed by atoms with van der Waals surface area (Å²) in [7, 11) is 0. The molecule has 78 valence electrons. The normalized spacial score (nSPS) is 15.6. The van der Waals surface area contributed by atoms with Gasteiger partial charge in [0.25, 0.3) is 0 Å². The van der Waals surface area contributed by atoms with Crippen molar-refractivity contribution >= 4 is 5.82 Å². The molecule has 1 aromatic heterocycles. The summed E-state index contributed by atoms with van der Waals surface area (Å²) in [5.74, 6) is 0.524. The summed E-state index contributed by atoms with van der Waals surface area (Å²) < 4.78 is 0. The molecular weight excluding hydrogens is 176 g/mol. The van der Waals surface area contributed by atoms with E-state index < -0.39 is 5.60 Å². The molecule has 3 N–H and O–H groups in total. The Balaban J connectivity index is 3.31. The van der Waals surface area contributed by atoms with E-state index in [1.54, 1.807) is 13.1 Å². The van der Waals surface area contributed by atoms with Crippen molar-refractivity contribution < 1.29 is 5.11 Å². The number of aryl methyl sites for hydroxylation is 1. The molecule has 1 heterocycles. The highest BCUT2D eigenvalue weighted by molar-refractivity contribution is 5.47. The molecule has 0 aromatic carbocycles. The molecule has 0 radical (unpaired) electrons. The van der Waals surface area contributed by atoms with E-state index in [0.717, 1.165) is 11.1 Å². The molecule has 3 nitrogen and oxygen atoms in total. The molecule has 3 heteroatoms. The maximum atomic E-state index is 10.3. The monoisotopic (exact) mass is 194 g/mol. The summed E-state index contributed by atoms with van der Waals surface area (Å²) in [4.78, 5) is 4.01. The van der Waals surface area contributed by atoms with E-state index in [9.17, 15) is 5.11 Å². The zero-order valence-corrected chi connectivity index (χ0v) is 9.20. The van der Waals surface area contributed by atoms with Crippen LogP contribution in [0.4, 0.5) is 5.82 Å². The van der Waals surface area contributed by atoms with Gasteiger partial charge in [0.05, 0.1) is 5.60 Å². The molecule has 0 bridgehead atoms. The van der Waals surface area contributed by atoms with E-state index in [0.29, 0.717) is 5.82 Å². The Hall–Kier alpha value is -1.09. The number of aromatic nitrogens is 1. The van der Waals surface area contributed by atoms with Crippen molar-refractivity contribution in [3.8, 4) is 0 Å². The lowest BCUT2D eigenvalue weighted by Crippen LogP contribution is -2.30. The van der Waals surface area contributed by atoms with E-state index in [2.05, 4.69) is 4.98 Å². The molecule has 1 aromatic rings. The van der Waals surface area contributed by atoms with Crippen LogP contribution in [0.2, 0.25) is 0 Å². The molecule has 1 rings (SSSR count). The van der Waals surface area contributed by atoms with Crippen LogP contribution in [0.25, 0.3) is 0 Å². The van der Waals surface area contributed by atoms with Crippen molar-refractivity contribution in [1.29, 1.82) is 0 Å². The Morgan fingerprint density at radius 2 is 2.07 bits per heavy atom. The minimum absolute atomic E-state index is 0.104. The van der Waals surface area contributed by atoms with Gasteiger partial charge in [-0.2, -0.15) is 0 Å². The van der Waals surface area contributed by atoms with Gasteiger partial charge < -0.3 is 10.8 Å². The van der Waals surface area contributed by atoms with Gasteiger partial charge in [-0.25, -0.2) is 4.98 Å². The summed E-state index contributed by atoms with van der Waals surface area (Å²) in [5.41, 5.74) is 6.59. The van der Waals surface area contributed by atoms with Gasteiger partial charge in [0.15, 0.2) is 0 Å². The lowest BCUT2D eigenvalue weighted by atomic mass is 9.83. The highest BCUT2D eigenvalue weighted by Crippen LogP contribution is 2.33. The van der Waals surface area contributed by atoms with Crippen molar-refractivity contribution in [2.45, 2.75) is 33.3 Å². The zero-order chi connectivity index (χ0) is 10.9. The van der Waals surface area contributed by atoms with E-state index in [-0.39, 0.29) is 5.92 Å². The number of nitrogens with two attached hydrogens (primary N) is 1. The highest BCUT2D eigenvalue weighted by atomic mass is 16.3. The summed E-state index contributed by atoms with van der Waals surface area (Å²) >= 11 is 0. The van der Waals surface area contributed by atoms with Gasteiger partial charge in [0, 0.05) is 11.8 Å². The largest absolute Gasteiger partial charge is 0.385 e. The Labute approximate surface area is 85.0 Å². The summed E-state index contributed by atoms with van der Waals surface area (Å²) in [6.07, 6.45) is 1.66. The number of hydrogen-bond acceptors (Lipinski definition) is 3. The number of anilines is 1. The average molecular weight is 194 g/mol.